The summed E-state index contributed by atoms with van der Waals surface area (Å²) in [7, 11) is 0. The minimum atomic E-state index is -0.699. The molecule has 2 aliphatic carbocycles. The van der Waals surface area contributed by atoms with Crippen molar-refractivity contribution in [2.45, 2.75) is 31.6 Å². The van der Waals surface area contributed by atoms with Gasteiger partial charge in [0.15, 0.2) is 5.78 Å². The molecule has 1 unspecified atom stereocenters. The molecule has 1 heterocycles. The zero-order chi connectivity index (χ0) is 17.6. The predicted molar refractivity (Wildman–Crippen MR) is 88.9 cm³/mol. The fourth-order valence-corrected chi connectivity index (χ4v) is 4.88. The molecular formula is C20H18FN3O. The van der Waals surface area contributed by atoms with Gasteiger partial charge in [0.1, 0.15) is 18.1 Å². The molecule has 0 amide bonds. The van der Waals surface area contributed by atoms with Crippen LogP contribution in [0.4, 0.5) is 4.39 Å². The molecule has 4 atom stereocenters. The molecule has 0 bridgehead atoms. The van der Waals surface area contributed by atoms with E-state index in [2.05, 4.69) is 16.0 Å². The van der Waals surface area contributed by atoms with Gasteiger partial charge in [-0.25, -0.2) is 14.4 Å². The van der Waals surface area contributed by atoms with Gasteiger partial charge in [0.2, 0.25) is 0 Å². The van der Waals surface area contributed by atoms with E-state index < -0.39 is 11.3 Å². The lowest BCUT2D eigenvalue weighted by atomic mass is 9.51. The summed E-state index contributed by atoms with van der Waals surface area (Å²) in [5.41, 5.74) is 2.06. The molecule has 126 valence electrons. The normalized spacial score (nSPS) is 30.9. The fraction of sp³-hybridized carbons (Fsp3) is 0.400. The van der Waals surface area contributed by atoms with Gasteiger partial charge in [0, 0.05) is 17.5 Å². The van der Waals surface area contributed by atoms with Crippen molar-refractivity contribution >= 4 is 5.78 Å². The Morgan fingerprint density at radius 3 is 3.00 bits per heavy atom. The first-order valence-corrected chi connectivity index (χ1v) is 8.56. The van der Waals surface area contributed by atoms with Crippen LogP contribution >= 0.6 is 0 Å². The Labute approximate surface area is 145 Å². The molecule has 2 aliphatic rings. The van der Waals surface area contributed by atoms with Crippen molar-refractivity contribution in [3.05, 3.63) is 59.4 Å². The highest BCUT2D eigenvalue weighted by Gasteiger charge is 2.56. The molecular weight excluding hydrogens is 317 g/mol. The Morgan fingerprint density at radius 1 is 1.40 bits per heavy atom. The number of aromatic nitrogens is 2. The molecule has 4 nitrogen and oxygen atoms in total. The van der Waals surface area contributed by atoms with E-state index >= 15 is 0 Å². The Balaban J connectivity index is 2.01. The second-order valence-electron chi connectivity index (χ2n) is 7.10. The molecule has 1 saturated carbocycles. The van der Waals surface area contributed by atoms with Crippen molar-refractivity contribution in [3.8, 4) is 6.07 Å². The maximum Gasteiger partial charge on any atom is 0.153 e. The summed E-state index contributed by atoms with van der Waals surface area (Å²) in [6.07, 6.45) is 5.27. The molecule has 0 aliphatic heterocycles. The number of halogens is 1. The standard InChI is InChI=1S/C20H18FN3O/c1-12-17-6-5-13-10-23-11-24-19(13)20(17,8-14(9-22)18(12)25)15-3-2-4-16(21)7-15/h2-4,7,10-12,14,17H,5-6,8H2,1H3/t12-,14?,17-,20-/m0/s1. The zero-order valence-electron chi connectivity index (χ0n) is 13.9. The van der Waals surface area contributed by atoms with Crippen molar-refractivity contribution in [3.63, 3.8) is 0 Å². The molecule has 4 rings (SSSR count). The first-order valence-electron chi connectivity index (χ1n) is 8.56. The highest BCUT2D eigenvalue weighted by Crippen LogP contribution is 2.55. The quantitative estimate of drug-likeness (QED) is 0.802. The summed E-state index contributed by atoms with van der Waals surface area (Å²) in [4.78, 5) is 21.3. The summed E-state index contributed by atoms with van der Waals surface area (Å²) in [5, 5.41) is 9.56. The van der Waals surface area contributed by atoms with E-state index in [1.54, 1.807) is 6.07 Å². The van der Waals surface area contributed by atoms with E-state index in [0.29, 0.717) is 6.42 Å². The maximum atomic E-state index is 14.0. The van der Waals surface area contributed by atoms with Gasteiger partial charge in [0.05, 0.1) is 11.8 Å². The molecule has 0 spiro atoms. The van der Waals surface area contributed by atoms with Crippen LogP contribution in [-0.2, 0) is 16.6 Å². The van der Waals surface area contributed by atoms with Crippen LogP contribution in [0.3, 0.4) is 0 Å². The number of ketones is 1. The first-order chi connectivity index (χ1) is 12.1. The smallest absolute Gasteiger partial charge is 0.153 e. The lowest BCUT2D eigenvalue weighted by molar-refractivity contribution is -0.131. The molecule has 5 heteroatoms. The third-order valence-corrected chi connectivity index (χ3v) is 5.99. The number of aryl methyl sites for hydroxylation is 1. The predicted octanol–water partition coefficient (Wildman–Crippen LogP) is 3.21. The van der Waals surface area contributed by atoms with E-state index in [9.17, 15) is 14.4 Å². The molecule has 0 radical (unpaired) electrons. The summed E-state index contributed by atoms with van der Waals surface area (Å²) >= 11 is 0. The highest BCUT2D eigenvalue weighted by atomic mass is 19.1. The number of benzene rings is 1. The average molecular weight is 335 g/mol. The fourth-order valence-electron chi connectivity index (χ4n) is 4.88. The number of carbonyl (C=O) groups excluding carboxylic acids is 1. The van der Waals surface area contributed by atoms with Crippen LogP contribution in [0.1, 0.15) is 36.6 Å². The van der Waals surface area contributed by atoms with Crippen LogP contribution in [0.15, 0.2) is 36.8 Å². The van der Waals surface area contributed by atoms with Gasteiger partial charge in [-0.1, -0.05) is 19.1 Å². The minimum absolute atomic E-state index is 0.00275. The second-order valence-corrected chi connectivity index (χ2v) is 7.10. The van der Waals surface area contributed by atoms with E-state index in [1.807, 2.05) is 19.2 Å². The largest absolute Gasteiger partial charge is 0.298 e. The summed E-state index contributed by atoms with van der Waals surface area (Å²) in [6.45, 7) is 1.90. The molecule has 25 heavy (non-hydrogen) atoms. The molecule has 1 aromatic heterocycles. The van der Waals surface area contributed by atoms with Gasteiger partial charge < -0.3 is 0 Å². The van der Waals surface area contributed by atoms with Gasteiger partial charge in [-0.2, -0.15) is 5.26 Å². The van der Waals surface area contributed by atoms with Crippen molar-refractivity contribution < 1.29 is 9.18 Å². The number of carbonyl (C=O) groups is 1. The van der Waals surface area contributed by atoms with Crippen molar-refractivity contribution in [1.82, 2.24) is 9.97 Å². The monoisotopic (exact) mass is 335 g/mol. The summed E-state index contributed by atoms with van der Waals surface area (Å²) < 4.78 is 14.0. The number of hydrogen-bond donors (Lipinski definition) is 0. The highest BCUT2D eigenvalue weighted by molar-refractivity contribution is 5.87. The van der Waals surface area contributed by atoms with Gasteiger partial charge in [-0.05, 0) is 48.4 Å². The topological polar surface area (TPSA) is 66.6 Å². The number of fused-ring (bicyclic) bond motifs is 3. The van der Waals surface area contributed by atoms with Crippen LogP contribution in [0.25, 0.3) is 0 Å². The van der Waals surface area contributed by atoms with E-state index in [-0.39, 0.29) is 23.4 Å². The lowest BCUT2D eigenvalue weighted by Crippen LogP contribution is -2.53. The van der Waals surface area contributed by atoms with Crippen molar-refractivity contribution in [1.29, 1.82) is 5.26 Å². The van der Waals surface area contributed by atoms with Crippen LogP contribution in [-0.4, -0.2) is 15.8 Å². The van der Waals surface area contributed by atoms with Gasteiger partial charge in [0.25, 0.3) is 0 Å². The molecule has 1 fully saturated rings. The number of hydrogen-bond acceptors (Lipinski definition) is 4. The Hall–Kier alpha value is -2.61. The van der Waals surface area contributed by atoms with Gasteiger partial charge in [-0.15, -0.1) is 0 Å². The third-order valence-electron chi connectivity index (χ3n) is 5.99. The number of nitriles is 1. The Morgan fingerprint density at radius 2 is 2.24 bits per heavy atom. The van der Waals surface area contributed by atoms with E-state index in [0.717, 1.165) is 29.7 Å². The molecule has 1 aromatic carbocycles. The SMILES string of the molecule is C[C@@H]1C(=O)C(C#N)C[C@@]2(c3cccc(F)c3)c3ncncc3CC[C@@H]12. The number of nitrogens with zero attached hydrogens (tertiary/aromatic N) is 3. The maximum absolute atomic E-state index is 14.0. The molecule has 0 N–H and O–H groups in total. The van der Waals surface area contributed by atoms with Crippen molar-refractivity contribution in [2.24, 2.45) is 17.8 Å². The summed E-state index contributed by atoms with van der Waals surface area (Å²) in [5.74, 6) is -1.27. The Bertz CT molecular complexity index is 891. The van der Waals surface area contributed by atoms with Crippen LogP contribution < -0.4 is 0 Å². The second kappa shape index (κ2) is 5.73. The summed E-state index contributed by atoms with van der Waals surface area (Å²) in [6, 6.07) is 8.70. The molecule has 2 aromatic rings. The lowest BCUT2D eigenvalue weighted by Gasteiger charge is -2.51. The van der Waals surface area contributed by atoms with E-state index in [1.165, 1.54) is 18.5 Å². The average Bonchev–Trinajstić information content (AvgIpc) is 2.64. The Kier molecular flexibility index (Phi) is 3.64. The van der Waals surface area contributed by atoms with E-state index in [4.69, 9.17) is 0 Å². The van der Waals surface area contributed by atoms with Crippen LogP contribution in [0.5, 0.6) is 0 Å². The van der Waals surface area contributed by atoms with Gasteiger partial charge >= 0.3 is 0 Å². The van der Waals surface area contributed by atoms with Crippen LogP contribution in [0.2, 0.25) is 0 Å². The minimum Gasteiger partial charge on any atom is -0.298 e. The van der Waals surface area contributed by atoms with Crippen molar-refractivity contribution in [2.75, 3.05) is 0 Å². The molecule has 0 saturated heterocycles. The zero-order valence-corrected chi connectivity index (χ0v) is 13.9. The third kappa shape index (κ3) is 2.21. The van der Waals surface area contributed by atoms with Crippen LogP contribution in [0, 0.1) is 34.9 Å². The number of rotatable bonds is 1. The number of Topliss-reactive ketones (excluding diaryl/α,β-unsaturated/α-hetero) is 1. The first kappa shape index (κ1) is 15.9. The van der Waals surface area contributed by atoms with Gasteiger partial charge in [-0.3, -0.25) is 4.79 Å².